The Labute approximate surface area is 149 Å². The maximum absolute atomic E-state index is 12.4. The Bertz CT molecular complexity index is 766. The van der Waals surface area contributed by atoms with Gasteiger partial charge in [-0.25, -0.2) is 9.97 Å². The summed E-state index contributed by atoms with van der Waals surface area (Å²) in [5, 5.41) is 7.38. The van der Waals surface area contributed by atoms with E-state index in [1.165, 1.54) is 12.8 Å². The largest absolute Gasteiger partial charge is 0.294 e. The number of carbonyl (C=O) groups is 1. The van der Waals surface area contributed by atoms with Crippen LogP contribution in [-0.2, 0) is 23.2 Å². The molecule has 0 aliphatic heterocycles. The first kappa shape index (κ1) is 17.6. The second-order valence-corrected chi connectivity index (χ2v) is 8.05. The summed E-state index contributed by atoms with van der Waals surface area (Å²) >= 11 is 0. The number of anilines is 1. The van der Waals surface area contributed by atoms with E-state index in [0.717, 1.165) is 35.0 Å². The first-order valence-electron chi connectivity index (χ1n) is 8.89. The first-order valence-corrected chi connectivity index (χ1v) is 8.89. The third-order valence-corrected chi connectivity index (χ3v) is 4.77. The van der Waals surface area contributed by atoms with Crippen LogP contribution in [0.2, 0.25) is 0 Å². The molecular formula is C19H27N5O. The molecule has 1 saturated carbocycles. The summed E-state index contributed by atoms with van der Waals surface area (Å²) in [6, 6.07) is 0. The summed E-state index contributed by atoms with van der Waals surface area (Å²) in [6.07, 6.45) is 6.42. The van der Waals surface area contributed by atoms with E-state index in [1.54, 1.807) is 12.4 Å². The van der Waals surface area contributed by atoms with Crippen LogP contribution in [-0.4, -0.2) is 25.7 Å². The summed E-state index contributed by atoms with van der Waals surface area (Å²) < 4.78 is 2.05. The zero-order chi connectivity index (χ0) is 18.2. The van der Waals surface area contributed by atoms with E-state index in [1.807, 2.05) is 18.5 Å². The molecule has 0 bridgehead atoms. The molecule has 134 valence electrons. The molecule has 1 amide bonds. The molecule has 1 N–H and O–H groups in total. The van der Waals surface area contributed by atoms with Gasteiger partial charge in [-0.2, -0.15) is 5.10 Å². The van der Waals surface area contributed by atoms with Crippen LogP contribution in [0.4, 0.5) is 5.95 Å². The van der Waals surface area contributed by atoms with Gasteiger partial charge in [-0.1, -0.05) is 20.8 Å². The number of amides is 1. The van der Waals surface area contributed by atoms with E-state index in [0.29, 0.717) is 12.4 Å². The second-order valence-electron chi connectivity index (χ2n) is 8.05. The molecule has 2 aromatic rings. The van der Waals surface area contributed by atoms with Crippen LogP contribution in [0.5, 0.6) is 0 Å². The maximum Gasteiger partial charge on any atom is 0.231 e. The van der Waals surface area contributed by atoms with E-state index in [2.05, 4.69) is 41.2 Å². The van der Waals surface area contributed by atoms with Crippen molar-refractivity contribution in [2.45, 2.75) is 65.8 Å². The average molecular weight is 341 g/mol. The van der Waals surface area contributed by atoms with Gasteiger partial charge in [-0.05, 0) is 43.6 Å². The van der Waals surface area contributed by atoms with Crippen LogP contribution in [0.3, 0.4) is 0 Å². The Hall–Kier alpha value is -2.24. The normalized spacial score (nSPS) is 14.6. The summed E-state index contributed by atoms with van der Waals surface area (Å²) in [6.45, 7) is 11.3. The molecule has 0 aromatic carbocycles. The van der Waals surface area contributed by atoms with Gasteiger partial charge < -0.3 is 0 Å². The van der Waals surface area contributed by atoms with Crippen molar-refractivity contribution in [3.05, 3.63) is 34.9 Å². The lowest BCUT2D eigenvalue weighted by atomic mass is 9.89. The van der Waals surface area contributed by atoms with Crippen LogP contribution in [0.1, 0.15) is 56.1 Å². The quantitative estimate of drug-likeness (QED) is 0.906. The fourth-order valence-corrected chi connectivity index (χ4v) is 2.82. The van der Waals surface area contributed by atoms with E-state index >= 15 is 0 Å². The smallest absolute Gasteiger partial charge is 0.231 e. The zero-order valence-electron chi connectivity index (χ0n) is 15.8. The fraction of sp³-hybridized carbons (Fsp3) is 0.579. The first-order chi connectivity index (χ1) is 11.7. The molecule has 0 spiro atoms. The van der Waals surface area contributed by atoms with Crippen molar-refractivity contribution in [1.82, 2.24) is 19.7 Å². The van der Waals surface area contributed by atoms with E-state index < -0.39 is 0 Å². The summed E-state index contributed by atoms with van der Waals surface area (Å²) in [4.78, 5) is 20.9. The van der Waals surface area contributed by atoms with Crippen molar-refractivity contribution >= 4 is 11.9 Å². The number of rotatable bonds is 5. The molecular weight excluding hydrogens is 314 g/mol. The highest BCUT2D eigenvalue weighted by Gasteiger charge is 2.24. The van der Waals surface area contributed by atoms with Gasteiger partial charge in [0.15, 0.2) is 0 Å². The number of hydrogen-bond acceptors (Lipinski definition) is 4. The predicted molar refractivity (Wildman–Crippen MR) is 97.5 cm³/mol. The van der Waals surface area contributed by atoms with Gasteiger partial charge >= 0.3 is 0 Å². The highest BCUT2D eigenvalue weighted by molar-refractivity contribution is 5.90. The Morgan fingerprint density at radius 3 is 2.44 bits per heavy atom. The lowest BCUT2D eigenvalue weighted by molar-refractivity contribution is -0.115. The molecule has 0 atom stereocenters. The summed E-state index contributed by atoms with van der Waals surface area (Å²) in [5.74, 6) is 0.994. The standard InChI is InChI=1S/C19H27N5O/c1-12-16(13(2)24(23-12)11-14-6-7-14)8-17(25)22-18-20-9-15(10-21-18)19(3,4)5/h9-10,14H,6-8,11H2,1-5H3,(H,20,21,22,25). The fourth-order valence-electron chi connectivity index (χ4n) is 2.82. The van der Waals surface area contributed by atoms with Gasteiger partial charge in [0.1, 0.15) is 0 Å². The molecule has 2 heterocycles. The number of aryl methyl sites for hydroxylation is 1. The maximum atomic E-state index is 12.4. The van der Waals surface area contributed by atoms with Crippen molar-refractivity contribution in [1.29, 1.82) is 0 Å². The minimum atomic E-state index is -0.110. The van der Waals surface area contributed by atoms with Crippen molar-refractivity contribution in [2.75, 3.05) is 5.32 Å². The van der Waals surface area contributed by atoms with E-state index in [4.69, 9.17) is 0 Å². The van der Waals surface area contributed by atoms with Crippen molar-refractivity contribution in [3.8, 4) is 0 Å². The van der Waals surface area contributed by atoms with Crippen LogP contribution in [0, 0.1) is 19.8 Å². The minimum Gasteiger partial charge on any atom is -0.294 e. The Balaban J connectivity index is 1.65. The topological polar surface area (TPSA) is 72.7 Å². The van der Waals surface area contributed by atoms with Gasteiger partial charge in [0.2, 0.25) is 11.9 Å². The van der Waals surface area contributed by atoms with Crippen LogP contribution < -0.4 is 5.32 Å². The third-order valence-electron chi connectivity index (χ3n) is 4.77. The molecule has 0 radical (unpaired) electrons. The average Bonchev–Trinajstić information content (AvgIpc) is 3.30. The lowest BCUT2D eigenvalue weighted by Crippen LogP contribution is -2.18. The van der Waals surface area contributed by atoms with Crippen LogP contribution >= 0.6 is 0 Å². The van der Waals surface area contributed by atoms with Crippen molar-refractivity contribution < 1.29 is 4.79 Å². The monoisotopic (exact) mass is 341 g/mol. The number of nitrogens with zero attached hydrogens (tertiary/aromatic N) is 4. The molecule has 1 fully saturated rings. The molecule has 6 heteroatoms. The molecule has 0 unspecified atom stereocenters. The van der Waals surface area contributed by atoms with E-state index in [9.17, 15) is 4.79 Å². The van der Waals surface area contributed by atoms with Crippen molar-refractivity contribution in [3.63, 3.8) is 0 Å². The van der Waals surface area contributed by atoms with Gasteiger partial charge in [-0.15, -0.1) is 0 Å². The van der Waals surface area contributed by atoms with Gasteiger partial charge in [0.05, 0.1) is 12.1 Å². The number of hydrogen-bond donors (Lipinski definition) is 1. The van der Waals surface area contributed by atoms with Gasteiger partial charge in [0.25, 0.3) is 0 Å². The Morgan fingerprint density at radius 1 is 1.24 bits per heavy atom. The molecule has 25 heavy (non-hydrogen) atoms. The molecule has 0 saturated heterocycles. The predicted octanol–water partition coefficient (Wildman–Crippen LogP) is 3.18. The van der Waals surface area contributed by atoms with Gasteiger partial charge in [0, 0.05) is 30.2 Å². The van der Waals surface area contributed by atoms with Gasteiger partial charge in [-0.3, -0.25) is 14.8 Å². The molecule has 3 rings (SSSR count). The molecule has 2 aromatic heterocycles. The molecule has 1 aliphatic rings. The Kier molecular flexibility index (Phi) is 4.62. The molecule has 1 aliphatic carbocycles. The minimum absolute atomic E-state index is 0.00704. The summed E-state index contributed by atoms with van der Waals surface area (Å²) in [7, 11) is 0. The zero-order valence-corrected chi connectivity index (χ0v) is 15.8. The van der Waals surface area contributed by atoms with E-state index in [-0.39, 0.29) is 11.3 Å². The third kappa shape index (κ3) is 4.24. The molecule has 6 nitrogen and oxygen atoms in total. The SMILES string of the molecule is Cc1nn(CC2CC2)c(C)c1CC(=O)Nc1ncc(C(C)(C)C)cn1. The van der Waals surface area contributed by atoms with Crippen LogP contribution in [0.15, 0.2) is 12.4 Å². The lowest BCUT2D eigenvalue weighted by Gasteiger charge is -2.17. The summed E-state index contributed by atoms with van der Waals surface area (Å²) in [5.41, 5.74) is 4.05. The number of carbonyl (C=O) groups excluding carboxylic acids is 1. The highest BCUT2D eigenvalue weighted by atomic mass is 16.1. The Morgan fingerprint density at radius 2 is 1.88 bits per heavy atom. The second kappa shape index (κ2) is 6.58. The van der Waals surface area contributed by atoms with Crippen molar-refractivity contribution in [2.24, 2.45) is 5.92 Å². The number of nitrogens with one attached hydrogen (secondary N) is 1. The van der Waals surface area contributed by atoms with Crippen LogP contribution in [0.25, 0.3) is 0 Å². The highest BCUT2D eigenvalue weighted by Crippen LogP contribution is 2.31. The number of aromatic nitrogens is 4.